The van der Waals surface area contributed by atoms with Crippen molar-refractivity contribution in [3.63, 3.8) is 0 Å². The maximum Gasteiger partial charge on any atom is 0.343 e. The van der Waals surface area contributed by atoms with Crippen molar-refractivity contribution in [2.45, 2.75) is 18.8 Å². The lowest BCUT2D eigenvalue weighted by atomic mass is 9.79. The van der Waals surface area contributed by atoms with Crippen molar-refractivity contribution in [2.24, 2.45) is 22.0 Å². The Bertz CT molecular complexity index is 1020. The molecule has 1 saturated heterocycles. The highest BCUT2D eigenvalue weighted by molar-refractivity contribution is 5.95. The van der Waals surface area contributed by atoms with Gasteiger partial charge in [-0.25, -0.2) is 4.99 Å². The zero-order valence-electron chi connectivity index (χ0n) is 15.9. The van der Waals surface area contributed by atoms with Gasteiger partial charge in [0.2, 0.25) is 0 Å². The molecule has 0 aromatic heterocycles. The fraction of sp³-hybridized carbons (Fsp3) is 0.348. The second kappa shape index (κ2) is 5.90. The second-order valence-corrected chi connectivity index (χ2v) is 7.98. The van der Waals surface area contributed by atoms with Crippen LogP contribution >= 0.6 is 0 Å². The summed E-state index contributed by atoms with van der Waals surface area (Å²) < 4.78 is 11.9. The molecule has 3 N–H and O–H groups in total. The molecule has 0 bridgehead atoms. The fourth-order valence-corrected chi connectivity index (χ4v) is 5.78. The van der Waals surface area contributed by atoms with Crippen molar-refractivity contribution in [2.75, 3.05) is 13.2 Å². The van der Waals surface area contributed by atoms with Gasteiger partial charge in [0.1, 0.15) is 0 Å². The van der Waals surface area contributed by atoms with Crippen LogP contribution in [-0.2, 0) is 22.3 Å². The number of hydrogen-bond donors (Lipinski definition) is 2. The van der Waals surface area contributed by atoms with E-state index in [1.807, 2.05) is 60.7 Å². The van der Waals surface area contributed by atoms with E-state index >= 15 is 0 Å². The van der Waals surface area contributed by atoms with Crippen LogP contribution in [0, 0.1) is 38.9 Å². The summed E-state index contributed by atoms with van der Waals surface area (Å²) >= 11 is 0. The molecular weight excluding hydrogens is 364 g/mol. The lowest BCUT2D eigenvalue weighted by molar-refractivity contribution is -0.678. The molecule has 2 aromatic carbocycles. The second-order valence-electron chi connectivity index (χ2n) is 7.98. The fourth-order valence-electron chi connectivity index (χ4n) is 5.78. The number of hydrogen-bond acceptors (Lipinski definition) is 5. The van der Waals surface area contributed by atoms with Crippen molar-refractivity contribution < 1.29 is 14.5 Å². The Hall–Kier alpha value is -3.19. The van der Waals surface area contributed by atoms with Crippen molar-refractivity contribution in [1.82, 2.24) is 0 Å². The van der Waals surface area contributed by atoms with Crippen molar-refractivity contribution >= 4 is 5.84 Å². The van der Waals surface area contributed by atoms with Crippen molar-refractivity contribution in [3.05, 3.63) is 71.8 Å². The highest BCUT2D eigenvalue weighted by atomic mass is 16.8. The minimum absolute atomic E-state index is 0.260. The number of fused-ring (bicyclic) bond motifs is 2. The van der Waals surface area contributed by atoms with Crippen LogP contribution in [-0.4, -0.2) is 25.0 Å². The number of nitrogens with zero attached hydrogens (tertiary/aromatic N) is 2. The summed E-state index contributed by atoms with van der Waals surface area (Å²) in [5.74, 6) is -1.14. The van der Waals surface area contributed by atoms with Crippen LogP contribution in [0.5, 0.6) is 0 Å². The minimum atomic E-state index is -1.40. The van der Waals surface area contributed by atoms with Gasteiger partial charge < -0.3 is 9.47 Å². The first-order valence-electron chi connectivity index (χ1n) is 9.71. The molecule has 0 amide bonds. The summed E-state index contributed by atoms with van der Waals surface area (Å²) in [6.07, 6.45) is 1.03. The van der Waals surface area contributed by atoms with Gasteiger partial charge in [0.15, 0.2) is 10.8 Å². The number of ether oxygens (including phenoxy) is 2. The summed E-state index contributed by atoms with van der Waals surface area (Å²) in [6, 6.07) is 24.7. The van der Waals surface area contributed by atoms with Crippen molar-refractivity contribution in [1.29, 1.82) is 10.5 Å². The Labute approximate surface area is 169 Å². The van der Waals surface area contributed by atoms with E-state index in [4.69, 9.17) is 15.2 Å². The molecule has 1 saturated carbocycles. The maximum absolute atomic E-state index is 10.5. The lowest BCUT2D eigenvalue weighted by Crippen LogP contribution is -2.90. The highest BCUT2D eigenvalue weighted by Crippen LogP contribution is 2.84. The van der Waals surface area contributed by atoms with Crippen LogP contribution in [0.15, 0.2) is 60.7 Å². The molecule has 5 rings (SSSR count). The van der Waals surface area contributed by atoms with Gasteiger partial charge in [0.05, 0.1) is 25.4 Å². The smallest absolute Gasteiger partial charge is 0.311 e. The first-order chi connectivity index (χ1) is 14.1. The number of nitrogens with two attached hydrogens (primary N) is 1. The van der Waals surface area contributed by atoms with Crippen LogP contribution < -0.4 is 10.7 Å². The molecule has 2 aliphatic heterocycles. The van der Waals surface area contributed by atoms with E-state index in [9.17, 15) is 10.5 Å². The van der Waals surface area contributed by atoms with E-state index in [-0.39, 0.29) is 5.84 Å². The first kappa shape index (κ1) is 17.9. The molecule has 0 radical (unpaired) electrons. The van der Waals surface area contributed by atoms with Gasteiger partial charge in [-0.3, -0.25) is 5.73 Å². The predicted molar refractivity (Wildman–Crippen MR) is 104 cm³/mol. The number of nitriles is 2. The van der Waals surface area contributed by atoms with Gasteiger partial charge in [-0.15, -0.1) is 0 Å². The Balaban J connectivity index is 1.73. The molecule has 2 heterocycles. The molecule has 3 aliphatic rings. The van der Waals surface area contributed by atoms with Crippen LogP contribution in [0.3, 0.4) is 0 Å². The van der Waals surface area contributed by atoms with E-state index in [0.29, 0.717) is 26.1 Å². The van der Waals surface area contributed by atoms with Gasteiger partial charge >= 0.3 is 5.91 Å². The van der Waals surface area contributed by atoms with E-state index in [1.54, 1.807) is 0 Å². The van der Waals surface area contributed by atoms with Crippen LogP contribution in [0.25, 0.3) is 0 Å². The van der Waals surface area contributed by atoms with Crippen LogP contribution in [0.1, 0.15) is 11.1 Å². The van der Waals surface area contributed by atoms with E-state index < -0.39 is 22.2 Å². The molecule has 29 heavy (non-hydrogen) atoms. The molecular formula is C23H21N4O2+. The van der Waals surface area contributed by atoms with Gasteiger partial charge in [0, 0.05) is 5.41 Å². The number of benzene rings is 2. The molecule has 2 fully saturated rings. The van der Waals surface area contributed by atoms with Gasteiger partial charge in [0.25, 0.3) is 5.84 Å². The molecule has 6 nitrogen and oxygen atoms in total. The Morgan fingerprint density at radius 3 is 1.83 bits per heavy atom. The summed E-state index contributed by atoms with van der Waals surface area (Å²) in [7, 11) is 0. The Kier molecular flexibility index (Phi) is 3.64. The average molecular weight is 385 g/mol. The Morgan fingerprint density at radius 1 is 0.862 bits per heavy atom. The topological polar surface area (TPSA) is 106 Å². The lowest BCUT2D eigenvalue weighted by Gasteiger charge is -2.29. The average Bonchev–Trinajstić information content (AvgIpc) is 3.01. The van der Waals surface area contributed by atoms with Crippen molar-refractivity contribution in [3.8, 4) is 12.1 Å². The standard InChI is InChI=1S/C23H20N4O2/c24-15-21-19(26)27-23(28-11-12-29-23)22(21,16-25)20(21,13-17-7-3-1-4-8-17)14-18-9-5-2-6-10-18/h1-10H,11-14H2,(H2,26,27)/p+1/t21-,22+/m1/s1. The normalized spacial score (nSPS) is 30.2. The molecule has 0 unspecified atom stereocenters. The molecule has 144 valence electrons. The summed E-state index contributed by atoms with van der Waals surface area (Å²) in [5, 5.41) is 20.9. The van der Waals surface area contributed by atoms with Gasteiger partial charge in [-0.05, 0) is 24.0 Å². The predicted octanol–water partition coefficient (Wildman–Crippen LogP) is 0.644. The summed E-state index contributed by atoms with van der Waals surface area (Å²) in [5.41, 5.74) is 5.27. The van der Waals surface area contributed by atoms with E-state index in [2.05, 4.69) is 17.1 Å². The highest BCUT2D eigenvalue weighted by Gasteiger charge is 3.03. The van der Waals surface area contributed by atoms with Gasteiger partial charge in [-0.2, -0.15) is 10.5 Å². The summed E-state index contributed by atoms with van der Waals surface area (Å²) in [6.45, 7) is 0.690. The zero-order chi connectivity index (χ0) is 20.2. The third-order valence-corrected chi connectivity index (χ3v) is 6.86. The largest absolute Gasteiger partial charge is 0.343 e. The SMILES string of the molecule is N#C[C@@]12C3([NH+]=C(N)[C@]1(C#N)C2(Cc1ccccc1)Cc1ccccc1)OCCO3. The van der Waals surface area contributed by atoms with Crippen LogP contribution in [0.4, 0.5) is 0 Å². The number of rotatable bonds is 4. The van der Waals surface area contributed by atoms with Crippen LogP contribution in [0.2, 0.25) is 0 Å². The summed E-state index contributed by atoms with van der Waals surface area (Å²) in [4.78, 5) is 3.04. The number of nitrogens with one attached hydrogen (secondary N) is 1. The third-order valence-electron chi connectivity index (χ3n) is 6.86. The Morgan fingerprint density at radius 2 is 1.38 bits per heavy atom. The molecule has 1 aliphatic carbocycles. The molecule has 1 spiro atoms. The molecule has 2 atom stereocenters. The molecule has 2 aromatic rings. The first-order valence-corrected chi connectivity index (χ1v) is 9.71. The van der Waals surface area contributed by atoms with E-state index in [0.717, 1.165) is 11.1 Å². The quantitative estimate of drug-likeness (QED) is 0.804. The zero-order valence-corrected chi connectivity index (χ0v) is 15.9. The minimum Gasteiger partial charge on any atom is -0.311 e. The van der Waals surface area contributed by atoms with Gasteiger partial charge in [-0.1, -0.05) is 60.7 Å². The maximum atomic E-state index is 10.5. The third kappa shape index (κ3) is 1.88. The van der Waals surface area contributed by atoms with E-state index in [1.165, 1.54) is 0 Å². The molecule has 6 heteroatoms. The number of amidine groups is 1. The monoisotopic (exact) mass is 385 g/mol.